The van der Waals surface area contributed by atoms with Crippen LogP contribution >= 0.6 is 0 Å². The molecule has 2 aliphatic heterocycles. The fourth-order valence-corrected chi connectivity index (χ4v) is 4.16. The molecular formula is C28H27N3O9. The zero-order chi connectivity index (χ0) is 28.6. The second-order valence-corrected chi connectivity index (χ2v) is 8.90. The van der Waals surface area contributed by atoms with E-state index in [9.17, 15) is 24.5 Å². The molecule has 4 bridgehead atoms. The van der Waals surface area contributed by atoms with E-state index in [-0.39, 0.29) is 36.6 Å². The van der Waals surface area contributed by atoms with E-state index < -0.39 is 35.0 Å². The van der Waals surface area contributed by atoms with Crippen LogP contribution < -0.4 is 20.1 Å². The molecule has 0 aliphatic carbocycles. The average Bonchev–Trinajstić information content (AvgIpc) is 2.95. The predicted molar refractivity (Wildman–Crippen MR) is 141 cm³/mol. The van der Waals surface area contributed by atoms with Gasteiger partial charge in [-0.3, -0.25) is 14.9 Å². The van der Waals surface area contributed by atoms with Crippen LogP contribution in [0.3, 0.4) is 0 Å². The van der Waals surface area contributed by atoms with E-state index in [4.69, 9.17) is 18.9 Å². The Morgan fingerprint density at radius 1 is 1.02 bits per heavy atom. The highest BCUT2D eigenvalue weighted by atomic mass is 16.6. The number of rotatable bonds is 6. The number of carbonyl (C=O) groups is 3. The number of nitro benzene ring substituents is 1. The van der Waals surface area contributed by atoms with E-state index >= 15 is 0 Å². The van der Waals surface area contributed by atoms with Crippen LogP contribution in [-0.4, -0.2) is 49.2 Å². The van der Waals surface area contributed by atoms with Crippen molar-refractivity contribution in [2.45, 2.75) is 31.5 Å². The zero-order valence-corrected chi connectivity index (χ0v) is 21.7. The first-order valence-electron chi connectivity index (χ1n) is 12.2. The lowest BCUT2D eigenvalue weighted by atomic mass is 10.0. The van der Waals surface area contributed by atoms with Crippen molar-refractivity contribution < 1.29 is 38.3 Å². The molecule has 3 aromatic carbocycles. The van der Waals surface area contributed by atoms with Crippen LogP contribution in [0.1, 0.15) is 16.7 Å². The number of nitro groups is 1. The third-order valence-electron chi connectivity index (χ3n) is 6.17. The lowest BCUT2D eigenvalue weighted by Crippen LogP contribution is -2.53. The number of nitrogens with one attached hydrogen (secondary N) is 2. The number of esters is 1. The molecule has 2 heterocycles. The highest BCUT2D eigenvalue weighted by Gasteiger charge is 2.30. The summed E-state index contributed by atoms with van der Waals surface area (Å²) in [7, 11) is 2.62. The molecule has 208 valence electrons. The van der Waals surface area contributed by atoms with Crippen molar-refractivity contribution in [1.82, 2.24) is 10.6 Å². The number of amides is 2. The molecule has 0 unspecified atom stereocenters. The van der Waals surface area contributed by atoms with Gasteiger partial charge in [-0.2, -0.15) is 0 Å². The van der Waals surface area contributed by atoms with Gasteiger partial charge in [-0.05, 0) is 34.9 Å². The second kappa shape index (κ2) is 12.6. The summed E-state index contributed by atoms with van der Waals surface area (Å²) < 4.78 is 21.4. The molecule has 0 radical (unpaired) electrons. The topological polar surface area (TPSA) is 155 Å². The van der Waals surface area contributed by atoms with Crippen molar-refractivity contribution in [3.63, 3.8) is 0 Å². The summed E-state index contributed by atoms with van der Waals surface area (Å²) in [4.78, 5) is 49.9. The quantitative estimate of drug-likeness (QED) is 0.267. The molecule has 0 aromatic heterocycles. The van der Waals surface area contributed by atoms with Crippen molar-refractivity contribution in [2.75, 3.05) is 14.2 Å². The maximum atomic E-state index is 13.4. The summed E-state index contributed by atoms with van der Waals surface area (Å²) in [5, 5.41) is 17.0. The smallest absolute Gasteiger partial charge is 0.408 e. The van der Waals surface area contributed by atoms with Gasteiger partial charge < -0.3 is 29.6 Å². The third kappa shape index (κ3) is 6.84. The monoisotopic (exact) mass is 549 g/mol. The molecule has 2 atom stereocenters. The summed E-state index contributed by atoms with van der Waals surface area (Å²) >= 11 is 0. The van der Waals surface area contributed by atoms with Crippen LogP contribution in [0, 0.1) is 10.1 Å². The number of alkyl carbamates (subject to hydrolysis) is 1. The average molecular weight is 550 g/mol. The standard InChI is InChI=1S/C28H27N3O9/c1-37-24-11-9-19-13-21(27(33)38-2)29-26(32)20(30-28(34)39-16-17-6-4-3-5-7-17)12-18-8-10-23(40-25(24)15-19)22(14-18)31(35)36/h3-11,14-15,20-21H,12-13,16H2,1-2H3,(H,29,32)(H,30,34)/t20-,21-/m0/s1. The van der Waals surface area contributed by atoms with Gasteiger partial charge >= 0.3 is 17.7 Å². The minimum Gasteiger partial charge on any atom is -0.493 e. The Morgan fingerprint density at radius 3 is 2.45 bits per heavy atom. The molecule has 0 saturated heterocycles. The van der Waals surface area contributed by atoms with E-state index in [2.05, 4.69) is 10.6 Å². The Balaban J connectivity index is 1.69. The lowest BCUT2D eigenvalue weighted by Gasteiger charge is -2.23. The van der Waals surface area contributed by atoms with Crippen molar-refractivity contribution in [3.05, 3.63) is 93.5 Å². The molecule has 40 heavy (non-hydrogen) atoms. The lowest BCUT2D eigenvalue weighted by molar-refractivity contribution is -0.385. The number of ether oxygens (including phenoxy) is 4. The Hall–Kier alpha value is -5.13. The van der Waals surface area contributed by atoms with Gasteiger partial charge in [0.1, 0.15) is 18.7 Å². The maximum absolute atomic E-state index is 13.4. The molecule has 3 aromatic rings. The third-order valence-corrected chi connectivity index (χ3v) is 6.17. The summed E-state index contributed by atoms with van der Waals surface area (Å²) in [5.74, 6) is -0.972. The fraction of sp³-hybridized carbons (Fsp3) is 0.250. The highest BCUT2D eigenvalue weighted by Crippen LogP contribution is 2.38. The molecule has 2 N–H and O–H groups in total. The van der Waals surface area contributed by atoms with Crippen LogP contribution in [0.4, 0.5) is 10.5 Å². The first kappa shape index (κ1) is 27.9. The molecule has 12 nitrogen and oxygen atoms in total. The molecule has 5 rings (SSSR count). The minimum atomic E-state index is -1.24. The van der Waals surface area contributed by atoms with Crippen molar-refractivity contribution in [3.8, 4) is 17.2 Å². The number of hydrogen-bond acceptors (Lipinski definition) is 9. The van der Waals surface area contributed by atoms with Crippen LogP contribution in [0.2, 0.25) is 0 Å². The molecule has 2 amide bonds. The molecule has 0 fully saturated rings. The van der Waals surface area contributed by atoms with E-state index in [0.717, 1.165) is 5.56 Å². The second-order valence-electron chi connectivity index (χ2n) is 8.90. The van der Waals surface area contributed by atoms with Gasteiger partial charge in [-0.25, -0.2) is 9.59 Å². The molecular weight excluding hydrogens is 522 g/mol. The van der Waals surface area contributed by atoms with Crippen LogP contribution in [0.15, 0.2) is 66.7 Å². The summed E-state index contributed by atoms with van der Waals surface area (Å²) in [6.45, 7) is -0.0386. The largest absolute Gasteiger partial charge is 0.493 e. The highest BCUT2D eigenvalue weighted by molar-refractivity contribution is 5.90. The van der Waals surface area contributed by atoms with Gasteiger partial charge in [-0.1, -0.05) is 42.5 Å². The van der Waals surface area contributed by atoms with Crippen molar-refractivity contribution >= 4 is 23.7 Å². The summed E-state index contributed by atoms with van der Waals surface area (Å²) in [6.07, 6.45) is -1.02. The number of hydrogen-bond donors (Lipinski definition) is 2. The van der Waals surface area contributed by atoms with E-state index in [1.165, 1.54) is 26.4 Å². The van der Waals surface area contributed by atoms with Gasteiger partial charge in [0.2, 0.25) is 11.7 Å². The Kier molecular flexibility index (Phi) is 8.79. The Bertz CT molecular complexity index is 1410. The molecule has 0 saturated carbocycles. The van der Waals surface area contributed by atoms with Gasteiger partial charge in [-0.15, -0.1) is 0 Å². The first-order valence-corrected chi connectivity index (χ1v) is 12.2. The number of benzene rings is 3. The van der Waals surface area contributed by atoms with Crippen LogP contribution in [0.5, 0.6) is 17.2 Å². The van der Waals surface area contributed by atoms with Gasteiger partial charge in [0.15, 0.2) is 11.5 Å². The van der Waals surface area contributed by atoms with Gasteiger partial charge in [0.25, 0.3) is 0 Å². The molecule has 0 spiro atoms. The van der Waals surface area contributed by atoms with Crippen LogP contribution in [0.25, 0.3) is 0 Å². The summed E-state index contributed by atoms with van der Waals surface area (Å²) in [6, 6.07) is 15.6. The number of fused-ring (bicyclic) bond motifs is 7. The summed E-state index contributed by atoms with van der Waals surface area (Å²) in [5.41, 5.74) is 1.30. The zero-order valence-electron chi connectivity index (χ0n) is 21.7. The molecule has 2 aliphatic rings. The minimum absolute atomic E-state index is 0.00359. The maximum Gasteiger partial charge on any atom is 0.408 e. The molecule has 12 heteroatoms. The van der Waals surface area contributed by atoms with E-state index in [1.54, 1.807) is 48.5 Å². The number of carbonyl (C=O) groups excluding carboxylic acids is 3. The SMILES string of the molecule is COC(=O)[C@@H]1Cc2ccc(OC)c(c2)Oc2ccc(cc2[N+](=O)[O-])C[C@H](NC(=O)OCc2ccccc2)C(=O)N1. The fourth-order valence-electron chi connectivity index (χ4n) is 4.16. The van der Waals surface area contributed by atoms with Gasteiger partial charge in [0, 0.05) is 18.9 Å². The normalized spacial score (nSPS) is 16.5. The number of nitrogens with zero attached hydrogens (tertiary/aromatic N) is 1. The predicted octanol–water partition coefficient (Wildman–Crippen LogP) is 3.45. The van der Waals surface area contributed by atoms with E-state index in [0.29, 0.717) is 16.9 Å². The van der Waals surface area contributed by atoms with Crippen molar-refractivity contribution in [2.24, 2.45) is 0 Å². The van der Waals surface area contributed by atoms with Crippen LogP contribution in [-0.2, 0) is 38.5 Å². The first-order chi connectivity index (χ1) is 19.3. The van der Waals surface area contributed by atoms with Gasteiger partial charge in [0.05, 0.1) is 19.1 Å². The van der Waals surface area contributed by atoms with E-state index in [1.807, 2.05) is 6.07 Å². The van der Waals surface area contributed by atoms with Crippen molar-refractivity contribution in [1.29, 1.82) is 0 Å². The number of methoxy groups -OCH3 is 2. The Morgan fingerprint density at radius 2 is 1.75 bits per heavy atom. The Labute approximate surface area is 229 Å².